The Morgan fingerprint density at radius 2 is 1.00 bits per heavy atom. The molecule has 0 aromatic heterocycles. The SMILES string of the molecule is Oc1ccc([Se][Se]c2ccc(O)cc2O)c(O)c1. The number of phenolic OH excluding ortho intramolecular Hbond substituents is 4. The second kappa shape index (κ2) is 5.55. The molecule has 0 saturated carbocycles. The van der Waals surface area contributed by atoms with Crippen LogP contribution in [0.1, 0.15) is 0 Å². The molecule has 0 heterocycles. The zero-order valence-electron chi connectivity index (χ0n) is 9.07. The van der Waals surface area contributed by atoms with Crippen LogP contribution in [-0.2, 0) is 0 Å². The molecule has 0 aliphatic heterocycles. The summed E-state index contributed by atoms with van der Waals surface area (Å²) in [6.45, 7) is 0. The van der Waals surface area contributed by atoms with Crippen LogP contribution in [-0.4, -0.2) is 46.7 Å². The predicted molar refractivity (Wildman–Crippen MR) is 70.3 cm³/mol. The van der Waals surface area contributed by atoms with Gasteiger partial charge in [-0.1, -0.05) is 0 Å². The number of hydrogen-bond donors (Lipinski definition) is 4. The number of rotatable bonds is 3. The van der Waals surface area contributed by atoms with Gasteiger partial charge in [0.15, 0.2) is 0 Å². The average molecular weight is 376 g/mol. The topological polar surface area (TPSA) is 80.9 Å². The fourth-order valence-corrected chi connectivity index (χ4v) is 7.77. The van der Waals surface area contributed by atoms with Crippen LogP contribution in [0.3, 0.4) is 0 Å². The first kappa shape index (κ1) is 13.1. The zero-order chi connectivity index (χ0) is 13.1. The summed E-state index contributed by atoms with van der Waals surface area (Å²) in [5.74, 6) is 0.226. The second-order valence-electron chi connectivity index (χ2n) is 3.47. The summed E-state index contributed by atoms with van der Waals surface area (Å²) in [6.07, 6.45) is 0. The second-order valence-corrected chi connectivity index (χ2v) is 9.65. The van der Waals surface area contributed by atoms with Crippen LogP contribution in [0.5, 0.6) is 23.0 Å². The first-order valence-electron chi connectivity index (χ1n) is 4.95. The van der Waals surface area contributed by atoms with E-state index in [4.69, 9.17) is 0 Å². The van der Waals surface area contributed by atoms with Crippen molar-refractivity contribution in [2.75, 3.05) is 0 Å². The molecule has 0 fully saturated rings. The molecule has 4 nitrogen and oxygen atoms in total. The molecule has 0 aliphatic carbocycles. The van der Waals surface area contributed by atoms with Crippen molar-refractivity contribution in [3.05, 3.63) is 36.4 Å². The normalized spacial score (nSPS) is 10.4. The van der Waals surface area contributed by atoms with E-state index in [1.807, 2.05) is 0 Å². The van der Waals surface area contributed by atoms with Crippen molar-refractivity contribution in [2.24, 2.45) is 0 Å². The van der Waals surface area contributed by atoms with Crippen molar-refractivity contribution in [2.45, 2.75) is 0 Å². The summed E-state index contributed by atoms with van der Waals surface area (Å²) in [5, 5.41) is 37.7. The molecule has 4 N–H and O–H groups in total. The third kappa shape index (κ3) is 3.12. The van der Waals surface area contributed by atoms with Crippen molar-refractivity contribution < 1.29 is 20.4 Å². The number of aromatic hydroxyl groups is 4. The average Bonchev–Trinajstić information content (AvgIpc) is 2.30. The molecule has 2 rings (SSSR count). The van der Waals surface area contributed by atoms with E-state index >= 15 is 0 Å². The van der Waals surface area contributed by atoms with E-state index in [9.17, 15) is 20.4 Å². The van der Waals surface area contributed by atoms with E-state index in [0.29, 0.717) is 0 Å². The summed E-state index contributed by atoms with van der Waals surface area (Å²) in [4.78, 5) is 0. The van der Waals surface area contributed by atoms with E-state index in [0.717, 1.165) is 8.92 Å². The summed E-state index contributed by atoms with van der Waals surface area (Å²) in [5.41, 5.74) is 0. The Morgan fingerprint density at radius 3 is 1.33 bits per heavy atom. The van der Waals surface area contributed by atoms with Gasteiger partial charge in [-0.25, -0.2) is 0 Å². The monoisotopic (exact) mass is 378 g/mol. The molecule has 0 aliphatic rings. The summed E-state index contributed by atoms with van der Waals surface area (Å²) < 4.78 is 1.57. The fourth-order valence-electron chi connectivity index (χ4n) is 1.24. The van der Waals surface area contributed by atoms with E-state index in [-0.39, 0.29) is 49.3 Å². The Morgan fingerprint density at radius 1 is 0.611 bits per heavy atom. The Labute approximate surface area is 115 Å². The minimum absolute atomic E-state index is 0.000758. The van der Waals surface area contributed by atoms with Gasteiger partial charge in [0.05, 0.1) is 0 Å². The van der Waals surface area contributed by atoms with Gasteiger partial charge in [-0.05, 0) is 0 Å². The molecule has 0 amide bonds. The molecule has 94 valence electrons. The minimum atomic E-state index is -0.000758. The van der Waals surface area contributed by atoms with Crippen LogP contribution in [0, 0.1) is 0 Å². The van der Waals surface area contributed by atoms with Crippen molar-refractivity contribution in [1.82, 2.24) is 0 Å². The molecule has 0 atom stereocenters. The summed E-state index contributed by atoms with van der Waals surface area (Å²) in [7, 11) is 0. The van der Waals surface area contributed by atoms with E-state index in [1.54, 1.807) is 12.1 Å². The fraction of sp³-hybridized carbons (Fsp3) is 0. The molecule has 0 spiro atoms. The van der Waals surface area contributed by atoms with Crippen molar-refractivity contribution in [3.63, 3.8) is 0 Å². The maximum absolute atomic E-state index is 9.65. The van der Waals surface area contributed by atoms with Crippen molar-refractivity contribution >= 4 is 35.2 Å². The third-order valence-corrected chi connectivity index (χ3v) is 9.31. The van der Waals surface area contributed by atoms with Gasteiger partial charge in [-0.15, -0.1) is 0 Å². The Kier molecular flexibility index (Phi) is 4.04. The van der Waals surface area contributed by atoms with E-state index in [2.05, 4.69) is 0 Å². The van der Waals surface area contributed by atoms with Gasteiger partial charge in [0.2, 0.25) is 0 Å². The zero-order valence-corrected chi connectivity index (χ0v) is 12.5. The number of hydrogen-bond acceptors (Lipinski definition) is 4. The van der Waals surface area contributed by atoms with Crippen LogP contribution in [0.2, 0.25) is 0 Å². The Hall–Kier alpha value is -1.32. The summed E-state index contributed by atoms with van der Waals surface area (Å²) in [6, 6.07) is 9.05. The number of benzene rings is 2. The van der Waals surface area contributed by atoms with Gasteiger partial charge in [0.25, 0.3) is 0 Å². The van der Waals surface area contributed by atoms with Crippen LogP contribution in [0.15, 0.2) is 36.4 Å². The first-order chi connectivity index (χ1) is 8.56. The summed E-state index contributed by atoms with van der Waals surface area (Å²) >= 11 is -0.00152. The van der Waals surface area contributed by atoms with Gasteiger partial charge in [-0.2, -0.15) is 0 Å². The van der Waals surface area contributed by atoms with Gasteiger partial charge in [-0.3, -0.25) is 0 Å². The molecular weight excluding hydrogens is 366 g/mol. The molecule has 2 aromatic carbocycles. The predicted octanol–water partition coefficient (Wildman–Crippen LogP) is -0.217. The van der Waals surface area contributed by atoms with Crippen LogP contribution in [0.25, 0.3) is 0 Å². The van der Waals surface area contributed by atoms with E-state index < -0.39 is 0 Å². The molecule has 0 saturated heterocycles. The molecule has 0 unspecified atom stereocenters. The van der Waals surface area contributed by atoms with Gasteiger partial charge in [0, 0.05) is 0 Å². The van der Waals surface area contributed by atoms with Gasteiger partial charge in [0.1, 0.15) is 0 Å². The standard InChI is InChI=1S/C12H10O4Se2/c13-7-1-3-11(9(15)5-7)17-18-12-4-2-8(14)6-10(12)16/h1-6,13-16H. The van der Waals surface area contributed by atoms with Gasteiger partial charge >= 0.3 is 115 Å². The molecule has 0 radical (unpaired) electrons. The maximum atomic E-state index is 9.65. The Balaban J connectivity index is 2.11. The van der Waals surface area contributed by atoms with Crippen LogP contribution < -0.4 is 8.92 Å². The molecule has 2 aromatic rings. The van der Waals surface area contributed by atoms with Crippen molar-refractivity contribution in [1.29, 1.82) is 0 Å². The molecule has 18 heavy (non-hydrogen) atoms. The third-order valence-electron chi connectivity index (χ3n) is 2.11. The molecule has 6 heteroatoms. The number of phenols is 4. The first-order valence-corrected chi connectivity index (χ1v) is 11.0. The van der Waals surface area contributed by atoms with Crippen LogP contribution in [0.4, 0.5) is 0 Å². The van der Waals surface area contributed by atoms with Crippen LogP contribution >= 0.6 is 0 Å². The molecular formula is C12H10O4Se2. The van der Waals surface area contributed by atoms with Gasteiger partial charge < -0.3 is 0 Å². The quantitative estimate of drug-likeness (QED) is 0.559. The van der Waals surface area contributed by atoms with Crippen molar-refractivity contribution in [3.8, 4) is 23.0 Å². The van der Waals surface area contributed by atoms with E-state index in [1.165, 1.54) is 24.3 Å². The Bertz CT molecular complexity index is 520. The molecule has 0 bridgehead atoms.